The predicted molar refractivity (Wildman–Crippen MR) is 88.5 cm³/mol. The van der Waals surface area contributed by atoms with E-state index in [1.165, 1.54) is 29.2 Å². The Kier molecular flexibility index (Phi) is 5.54. The number of carbonyl (C=O) groups excluding carboxylic acids is 1. The normalized spacial score (nSPS) is 11.9. The van der Waals surface area contributed by atoms with E-state index in [0.717, 1.165) is 12.1 Å². The first-order chi connectivity index (χ1) is 11.8. The van der Waals surface area contributed by atoms with Gasteiger partial charge in [0.05, 0.1) is 22.5 Å². The van der Waals surface area contributed by atoms with Crippen LogP contribution in [-0.2, 0) is 11.0 Å². The first kappa shape index (κ1) is 18.6. The van der Waals surface area contributed by atoms with Crippen molar-refractivity contribution < 1.29 is 18.0 Å². The molecule has 2 heterocycles. The number of nitriles is 1. The monoisotopic (exact) mass is 366 g/mol. The number of alkyl halides is 3. The summed E-state index contributed by atoms with van der Waals surface area (Å²) in [5, 5.41) is 11.4. The first-order valence-corrected chi connectivity index (χ1v) is 8.03. The van der Waals surface area contributed by atoms with Crippen molar-refractivity contribution in [3.8, 4) is 6.07 Å². The molecule has 0 aliphatic carbocycles. The van der Waals surface area contributed by atoms with E-state index in [1.54, 1.807) is 5.38 Å². The minimum absolute atomic E-state index is 0.0800. The van der Waals surface area contributed by atoms with Crippen LogP contribution in [0, 0.1) is 11.3 Å². The Morgan fingerprint density at radius 3 is 2.64 bits per heavy atom. The van der Waals surface area contributed by atoms with Crippen molar-refractivity contribution in [2.45, 2.75) is 20.0 Å². The van der Waals surface area contributed by atoms with E-state index in [-0.39, 0.29) is 17.2 Å². The molecule has 0 unspecified atom stereocenters. The smallest absolute Gasteiger partial charge is 0.289 e. The Bertz CT molecular complexity index is 834. The highest BCUT2D eigenvalue weighted by Gasteiger charge is 2.30. The Hall–Kier alpha value is -2.73. The zero-order valence-corrected chi connectivity index (χ0v) is 14.1. The summed E-state index contributed by atoms with van der Waals surface area (Å²) in [6.45, 7) is 3.69. The van der Waals surface area contributed by atoms with Gasteiger partial charge in [0, 0.05) is 25.0 Å². The van der Waals surface area contributed by atoms with Gasteiger partial charge in [-0.1, -0.05) is 0 Å². The van der Waals surface area contributed by atoms with E-state index in [2.05, 4.69) is 9.97 Å². The van der Waals surface area contributed by atoms with Gasteiger partial charge in [0.2, 0.25) is 5.91 Å². The molecule has 0 fully saturated rings. The summed E-state index contributed by atoms with van der Waals surface area (Å²) in [5.74, 6) is -0.155. The highest BCUT2D eigenvalue weighted by atomic mass is 32.1. The Morgan fingerprint density at radius 2 is 2.16 bits per heavy atom. The third kappa shape index (κ3) is 4.42. The topological polar surface area (TPSA) is 69.9 Å². The van der Waals surface area contributed by atoms with Gasteiger partial charge in [0.25, 0.3) is 0 Å². The number of aromatic nitrogens is 2. The average Bonchev–Trinajstić information content (AvgIpc) is 3.00. The standard InChI is InChI=1S/C16H13F3N4OS/c1-3-23(10(2)24)15-22-13(9-25-15)6-11(7-20)14-5-4-12(8-21-14)16(17,18)19/h4-6,8-9H,3H2,1-2H3/b11-6-. The van der Waals surface area contributed by atoms with Gasteiger partial charge in [-0.2, -0.15) is 18.4 Å². The van der Waals surface area contributed by atoms with E-state index in [9.17, 15) is 23.2 Å². The van der Waals surface area contributed by atoms with Crippen molar-refractivity contribution in [3.05, 3.63) is 40.7 Å². The number of amides is 1. The molecule has 0 saturated heterocycles. The van der Waals surface area contributed by atoms with Crippen molar-refractivity contribution in [2.75, 3.05) is 11.4 Å². The summed E-state index contributed by atoms with van der Waals surface area (Å²) < 4.78 is 37.7. The number of hydrogen-bond acceptors (Lipinski definition) is 5. The van der Waals surface area contributed by atoms with Gasteiger partial charge in [0.1, 0.15) is 6.07 Å². The van der Waals surface area contributed by atoms with Crippen LogP contribution in [0.3, 0.4) is 0 Å². The van der Waals surface area contributed by atoms with Gasteiger partial charge in [-0.25, -0.2) is 4.98 Å². The number of thiazole rings is 1. The van der Waals surface area contributed by atoms with Crippen LogP contribution in [0.5, 0.6) is 0 Å². The second-order valence-electron chi connectivity index (χ2n) is 4.92. The van der Waals surface area contributed by atoms with Gasteiger partial charge >= 0.3 is 6.18 Å². The third-order valence-corrected chi connectivity index (χ3v) is 4.10. The lowest BCUT2D eigenvalue weighted by molar-refractivity contribution is -0.137. The summed E-state index contributed by atoms with van der Waals surface area (Å²) in [7, 11) is 0. The fraction of sp³-hybridized carbons (Fsp3) is 0.250. The summed E-state index contributed by atoms with van der Waals surface area (Å²) in [6.07, 6.45) is -2.38. The van der Waals surface area contributed by atoms with Crippen LogP contribution in [0.2, 0.25) is 0 Å². The number of hydrogen-bond donors (Lipinski definition) is 0. The van der Waals surface area contributed by atoms with Crippen molar-refractivity contribution in [1.29, 1.82) is 5.26 Å². The van der Waals surface area contributed by atoms with E-state index in [4.69, 9.17) is 0 Å². The number of halogens is 3. The molecule has 5 nitrogen and oxygen atoms in total. The molecule has 0 saturated carbocycles. The van der Waals surface area contributed by atoms with Crippen LogP contribution in [-0.4, -0.2) is 22.4 Å². The maximum absolute atomic E-state index is 12.6. The third-order valence-electron chi connectivity index (χ3n) is 3.22. The van der Waals surface area contributed by atoms with E-state index in [1.807, 2.05) is 13.0 Å². The van der Waals surface area contributed by atoms with Crippen molar-refractivity contribution in [3.63, 3.8) is 0 Å². The van der Waals surface area contributed by atoms with Crippen LogP contribution in [0.15, 0.2) is 23.7 Å². The van der Waals surface area contributed by atoms with Crippen molar-refractivity contribution >= 4 is 34.0 Å². The maximum Gasteiger partial charge on any atom is 0.417 e. The van der Waals surface area contributed by atoms with Gasteiger partial charge in [0.15, 0.2) is 5.13 Å². The van der Waals surface area contributed by atoms with Crippen LogP contribution in [0.25, 0.3) is 11.6 Å². The molecular weight excluding hydrogens is 353 g/mol. The Balaban J connectivity index is 2.31. The lowest BCUT2D eigenvalue weighted by atomic mass is 10.1. The number of anilines is 1. The number of rotatable bonds is 4. The van der Waals surface area contributed by atoms with Crippen LogP contribution < -0.4 is 4.90 Å². The molecule has 0 aliphatic rings. The molecule has 0 bridgehead atoms. The van der Waals surface area contributed by atoms with Gasteiger partial charge < -0.3 is 0 Å². The minimum atomic E-state index is -4.48. The summed E-state index contributed by atoms with van der Waals surface area (Å²) >= 11 is 1.23. The fourth-order valence-corrected chi connectivity index (χ4v) is 2.88. The molecule has 0 spiro atoms. The second kappa shape index (κ2) is 7.44. The summed E-state index contributed by atoms with van der Waals surface area (Å²) in [6, 6.07) is 3.91. The fourth-order valence-electron chi connectivity index (χ4n) is 1.99. The zero-order valence-electron chi connectivity index (χ0n) is 13.3. The van der Waals surface area contributed by atoms with Crippen molar-refractivity contribution in [2.24, 2.45) is 0 Å². The highest BCUT2D eigenvalue weighted by Crippen LogP contribution is 2.29. The lowest BCUT2D eigenvalue weighted by Crippen LogP contribution is -2.27. The molecule has 25 heavy (non-hydrogen) atoms. The lowest BCUT2D eigenvalue weighted by Gasteiger charge is -2.14. The predicted octanol–water partition coefficient (Wildman–Crippen LogP) is 3.99. The van der Waals surface area contributed by atoms with E-state index in [0.29, 0.717) is 23.6 Å². The second-order valence-corrected chi connectivity index (χ2v) is 5.75. The molecule has 0 aliphatic heterocycles. The molecule has 130 valence electrons. The minimum Gasteiger partial charge on any atom is -0.289 e. The van der Waals surface area contributed by atoms with Gasteiger partial charge in [-0.05, 0) is 25.1 Å². The molecule has 0 radical (unpaired) electrons. The van der Waals surface area contributed by atoms with Crippen LogP contribution >= 0.6 is 11.3 Å². The maximum atomic E-state index is 12.6. The molecule has 2 aromatic rings. The molecule has 0 N–H and O–H groups in total. The van der Waals surface area contributed by atoms with Gasteiger partial charge in [-0.15, -0.1) is 11.3 Å². The summed E-state index contributed by atoms with van der Waals surface area (Å²) in [4.78, 5) is 21.0. The molecule has 0 aromatic carbocycles. The Morgan fingerprint density at radius 1 is 1.44 bits per heavy atom. The highest BCUT2D eigenvalue weighted by molar-refractivity contribution is 7.14. The van der Waals surface area contributed by atoms with Gasteiger partial charge in [-0.3, -0.25) is 14.7 Å². The number of pyridine rings is 1. The van der Waals surface area contributed by atoms with Crippen LogP contribution in [0.1, 0.15) is 30.8 Å². The number of allylic oxidation sites excluding steroid dienone is 1. The molecule has 2 rings (SSSR count). The molecule has 9 heteroatoms. The van der Waals surface area contributed by atoms with Crippen LogP contribution in [0.4, 0.5) is 18.3 Å². The zero-order chi connectivity index (χ0) is 18.6. The number of nitrogens with zero attached hydrogens (tertiary/aromatic N) is 4. The summed E-state index contributed by atoms with van der Waals surface area (Å²) in [5.41, 5.74) is -0.261. The molecular formula is C16H13F3N4OS. The van der Waals surface area contributed by atoms with E-state index >= 15 is 0 Å². The van der Waals surface area contributed by atoms with E-state index < -0.39 is 11.7 Å². The first-order valence-electron chi connectivity index (χ1n) is 7.15. The SMILES string of the molecule is CCN(C(C)=O)c1nc(/C=C(/C#N)c2ccc(C(F)(F)F)cn2)cs1. The number of carbonyl (C=O) groups is 1. The molecule has 1 amide bonds. The largest absolute Gasteiger partial charge is 0.417 e. The molecule has 0 atom stereocenters. The van der Waals surface area contributed by atoms with Crippen molar-refractivity contribution in [1.82, 2.24) is 9.97 Å². The Labute approximate surface area is 146 Å². The quantitative estimate of drug-likeness (QED) is 0.767. The average molecular weight is 366 g/mol. The molecule has 2 aromatic heterocycles.